The van der Waals surface area contributed by atoms with Crippen LogP contribution in [-0.4, -0.2) is 30.7 Å². The molecule has 0 amide bonds. The van der Waals surface area contributed by atoms with Crippen LogP contribution < -0.4 is 0 Å². The average molecular weight is 461 g/mol. The van der Waals surface area contributed by atoms with Gasteiger partial charge in [0.15, 0.2) is 0 Å². The zero-order valence-electron chi connectivity index (χ0n) is 17.0. The van der Waals surface area contributed by atoms with Gasteiger partial charge in [0.2, 0.25) is 0 Å². The summed E-state index contributed by atoms with van der Waals surface area (Å²) in [7, 11) is 0. The average Bonchev–Trinajstić information content (AvgIpc) is 3.09. The van der Waals surface area contributed by atoms with E-state index >= 15 is 0 Å². The molecule has 0 spiro atoms. The summed E-state index contributed by atoms with van der Waals surface area (Å²) in [6.07, 6.45) is 23.2. The molecule has 0 saturated carbocycles. The molecular weight excluding hydrogens is 417 g/mol. The fourth-order valence-electron chi connectivity index (χ4n) is 4.31. The number of likely N-dealkylation sites (tertiary alicyclic amines) is 1. The molecule has 2 heteroatoms. The second kappa shape index (κ2) is 16.4. The number of quaternary nitrogens is 1. The van der Waals surface area contributed by atoms with Crippen LogP contribution in [0.25, 0.3) is 0 Å². The summed E-state index contributed by atoms with van der Waals surface area (Å²) in [6.45, 7) is 7.53. The maximum atomic E-state index is 3.34. The maximum Gasteiger partial charge on any atom is 0.141 e. The Bertz CT molecular complexity index is 349. The van der Waals surface area contributed by atoms with Crippen LogP contribution in [0.15, 0.2) is 0 Å². The molecule has 1 rings (SSSR count). The molecule has 0 aromatic carbocycles. The van der Waals surface area contributed by atoms with E-state index < -0.39 is 0 Å². The summed E-state index contributed by atoms with van der Waals surface area (Å²) >= 11 is 2.19. The fourth-order valence-corrected chi connectivity index (χ4v) is 4.48. The van der Waals surface area contributed by atoms with Gasteiger partial charge in [-0.25, -0.2) is 0 Å². The lowest BCUT2D eigenvalue weighted by Gasteiger charge is -2.32. The minimum Gasteiger partial charge on any atom is -0.313 e. The highest BCUT2D eigenvalue weighted by Gasteiger charge is 2.30. The third-order valence-electron chi connectivity index (χ3n) is 5.98. The van der Waals surface area contributed by atoms with Gasteiger partial charge in [-0.2, -0.15) is 0 Å². The van der Waals surface area contributed by atoms with E-state index in [1.165, 1.54) is 127 Å². The molecule has 146 valence electrons. The molecule has 0 unspecified atom stereocenters. The lowest BCUT2D eigenvalue weighted by Crippen LogP contribution is -2.46. The summed E-state index contributed by atoms with van der Waals surface area (Å²) < 4.78 is 4.38. The second-order valence-corrected chi connectivity index (χ2v) is 8.78. The Hall–Kier alpha value is 0.250. The molecular formula is C23H43IN+. The lowest BCUT2D eigenvalue weighted by atomic mass is 10.0. The van der Waals surface area contributed by atoms with Crippen molar-refractivity contribution in [2.24, 2.45) is 0 Å². The highest BCUT2D eigenvalue weighted by atomic mass is 127. The molecule has 1 heterocycles. The van der Waals surface area contributed by atoms with Crippen LogP contribution in [0.3, 0.4) is 0 Å². The molecule has 1 aliphatic heterocycles. The van der Waals surface area contributed by atoms with Crippen molar-refractivity contribution in [2.75, 3.05) is 26.2 Å². The SMILES string of the molecule is CCCCCCCCCCCCCCCC[N+]1(CC#CI)CCCC1. The van der Waals surface area contributed by atoms with Crippen molar-refractivity contribution >= 4 is 22.6 Å². The maximum absolute atomic E-state index is 3.34. The molecule has 0 aromatic heterocycles. The smallest absolute Gasteiger partial charge is 0.141 e. The Morgan fingerprint density at radius 2 is 1.12 bits per heavy atom. The molecule has 1 aliphatic rings. The van der Waals surface area contributed by atoms with E-state index in [0.717, 1.165) is 6.54 Å². The summed E-state index contributed by atoms with van der Waals surface area (Å²) in [5.74, 6) is 3.34. The first-order chi connectivity index (χ1) is 12.3. The minimum atomic E-state index is 1.10. The van der Waals surface area contributed by atoms with Gasteiger partial charge in [-0.15, -0.1) is 0 Å². The number of hydrogen-bond acceptors (Lipinski definition) is 0. The van der Waals surface area contributed by atoms with E-state index in [4.69, 9.17) is 0 Å². The van der Waals surface area contributed by atoms with Crippen LogP contribution in [0.1, 0.15) is 110 Å². The summed E-state index contributed by atoms with van der Waals surface area (Å²) in [6, 6.07) is 0. The third-order valence-corrected chi connectivity index (χ3v) is 6.36. The second-order valence-electron chi connectivity index (χ2n) is 8.25. The summed E-state index contributed by atoms with van der Waals surface area (Å²) in [5.41, 5.74) is 0. The number of rotatable bonds is 16. The van der Waals surface area contributed by atoms with Gasteiger partial charge in [-0.1, -0.05) is 84.0 Å². The number of unbranched alkanes of at least 4 members (excludes halogenated alkanes) is 13. The van der Waals surface area contributed by atoms with Crippen molar-refractivity contribution in [3.63, 3.8) is 0 Å². The molecule has 0 aliphatic carbocycles. The zero-order chi connectivity index (χ0) is 18.1. The van der Waals surface area contributed by atoms with Gasteiger partial charge in [0, 0.05) is 35.4 Å². The van der Waals surface area contributed by atoms with Crippen molar-refractivity contribution in [3.8, 4) is 9.85 Å². The van der Waals surface area contributed by atoms with Crippen molar-refractivity contribution in [3.05, 3.63) is 0 Å². The van der Waals surface area contributed by atoms with Gasteiger partial charge in [-0.3, -0.25) is 0 Å². The topological polar surface area (TPSA) is 0 Å². The largest absolute Gasteiger partial charge is 0.313 e. The van der Waals surface area contributed by atoms with E-state index in [-0.39, 0.29) is 0 Å². The van der Waals surface area contributed by atoms with Crippen LogP contribution >= 0.6 is 22.6 Å². The van der Waals surface area contributed by atoms with E-state index in [1.807, 2.05) is 0 Å². The van der Waals surface area contributed by atoms with Gasteiger partial charge in [0.25, 0.3) is 0 Å². The van der Waals surface area contributed by atoms with Crippen molar-refractivity contribution < 1.29 is 4.48 Å². The van der Waals surface area contributed by atoms with Crippen molar-refractivity contribution in [1.29, 1.82) is 0 Å². The Balaban J connectivity index is 1.86. The van der Waals surface area contributed by atoms with Crippen LogP contribution in [0.4, 0.5) is 0 Å². The number of halogens is 1. The first-order valence-electron chi connectivity index (χ1n) is 11.3. The van der Waals surface area contributed by atoms with Crippen LogP contribution in [-0.2, 0) is 0 Å². The Kier molecular flexibility index (Phi) is 15.3. The standard InChI is InChI=1S/C23H43IN/c1-2-3-4-5-6-7-8-9-10-11-12-13-14-15-20-25(23-18-19-24)21-16-17-22-25/h2-17,20-23H2,1H3/q+1. The third kappa shape index (κ3) is 12.3. The van der Waals surface area contributed by atoms with Crippen molar-refractivity contribution in [1.82, 2.24) is 0 Å². The van der Waals surface area contributed by atoms with Gasteiger partial charge in [-0.05, 0) is 22.7 Å². The molecule has 0 atom stereocenters. The fraction of sp³-hybridized carbons (Fsp3) is 0.913. The summed E-state index contributed by atoms with van der Waals surface area (Å²) in [5, 5.41) is 0. The van der Waals surface area contributed by atoms with Crippen LogP contribution in [0.5, 0.6) is 0 Å². The Labute approximate surface area is 172 Å². The predicted octanol–water partition coefficient (Wildman–Crippen LogP) is 7.47. The first-order valence-corrected chi connectivity index (χ1v) is 12.3. The van der Waals surface area contributed by atoms with Gasteiger partial charge >= 0.3 is 0 Å². The van der Waals surface area contributed by atoms with E-state index in [0.29, 0.717) is 0 Å². The van der Waals surface area contributed by atoms with Gasteiger partial charge in [0.1, 0.15) is 6.54 Å². The quantitative estimate of drug-likeness (QED) is 0.0970. The van der Waals surface area contributed by atoms with Crippen LogP contribution in [0.2, 0.25) is 0 Å². The number of nitrogens with zero attached hydrogens (tertiary/aromatic N) is 1. The molecule has 0 bridgehead atoms. The van der Waals surface area contributed by atoms with Crippen molar-refractivity contribution in [2.45, 2.75) is 110 Å². The van der Waals surface area contributed by atoms with Crippen LogP contribution in [0, 0.1) is 9.85 Å². The monoisotopic (exact) mass is 460 g/mol. The molecule has 0 radical (unpaired) electrons. The van der Waals surface area contributed by atoms with E-state index in [2.05, 4.69) is 39.4 Å². The normalized spacial score (nSPS) is 15.9. The molecule has 1 fully saturated rings. The van der Waals surface area contributed by atoms with Gasteiger partial charge in [0.05, 0.1) is 19.6 Å². The predicted molar refractivity (Wildman–Crippen MR) is 121 cm³/mol. The van der Waals surface area contributed by atoms with Gasteiger partial charge < -0.3 is 4.48 Å². The van der Waals surface area contributed by atoms with E-state index in [1.54, 1.807) is 0 Å². The molecule has 1 nitrogen and oxygen atoms in total. The highest BCUT2D eigenvalue weighted by molar-refractivity contribution is 14.1. The van der Waals surface area contributed by atoms with E-state index in [9.17, 15) is 0 Å². The molecule has 1 saturated heterocycles. The highest BCUT2D eigenvalue weighted by Crippen LogP contribution is 2.21. The molecule has 0 N–H and O–H groups in total. The lowest BCUT2D eigenvalue weighted by molar-refractivity contribution is -0.910. The minimum absolute atomic E-state index is 1.10. The Morgan fingerprint density at radius 1 is 0.680 bits per heavy atom. The number of hydrogen-bond donors (Lipinski definition) is 0. The first kappa shape index (κ1) is 23.3. The Morgan fingerprint density at radius 3 is 1.56 bits per heavy atom. The molecule has 25 heavy (non-hydrogen) atoms. The molecule has 0 aromatic rings. The summed E-state index contributed by atoms with van der Waals surface area (Å²) in [4.78, 5) is 0. The zero-order valence-corrected chi connectivity index (χ0v) is 19.1.